The number of aliphatic hydroxyl groups excluding tert-OH is 1. The first-order chi connectivity index (χ1) is 10.1. The molecule has 21 heavy (non-hydrogen) atoms. The van der Waals surface area contributed by atoms with Crippen molar-refractivity contribution >= 4 is 12.0 Å². The lowest BCUT2D eigenvalue weighted by atomic mass is 9.92. The summed E-state index contributed by atoms with van der Waals surface area (Å²) < 4.78 is 18.3. The highest BCUT2D eigenvalue weighted by Gasteiger charge is 2.23. The van der Waals surface area contributed by atoms with E-state index in [0.29, 0.717) is 5.56 Å². The van der Waals surface area contributed by atoms with Crippen LogP contribution in [0.3, 0.4) is 0 Å². The first-order valence-corrected chi connectivity index (χ1v) is 7.10. The molecule has 0 spiro atoms. The van der Waals surface area contributed by atoms with Crippen molar-refractivity contribution in [3.05, 3.63) is 35.7 Å². The van der Waals surface area contributed by atoms with Crippen LogP contribution in [-0.4, -0.2) is 30.3 Å². The number of benzene rings is 1. The summed E-state index contributed by atoms with van der Waals surface area (Å²) in [5.41, 5.74) is 0.577. The predicted octanol–water partition coefficient (Wildman–Crippen LogP) is 2.27. The molecule has 1 aliphatic carbocycles. The number of ether oxygens (including phenoxy) is 1. The third kappa shape index (κ3) is 4.29. The van der Waals surface area contributed by atoms with Crippen LogP contribution in [0.25, 0.3) is 6.08 Å². The molecule has 0 aromatic heterocycles. The molecule has 5 heteroatoms. The van der Waals surface area contributed by atoms with Crippen molar-refractivity contribution in [2.24, 2.45) is 0 Å². The molecule has 2 atom stereocenters. The second-order valence-electron chi connectivity index (χ2n) is 5.19. The van der Waals surface area contributed by atoms with Crippen molar-refractivity contribution in [1.82, 2.24) is 5.32 Å². The van der Waals surface area contributed by atoms with E-state index in [1.54, 1.807) is 6.07 Å². The molecule has 2 unspecified atom stereocenters. The average molecular weight is 293 g/mol. The SMILES string of the molecule is COc1ccc(/C=C/C(=O)NC2CCCCC2O)cc1F. The topological polar surface area (TPSA) is 58.6 Å². The lowest BCUT2D eigenvalue weighted by Gasteiger charge is -2.27. The van der Waals surface area contributed by atoms with Crippen LogP contribution in [0.2, 0.25) is 0 Å². The van der Waals surface area contributed by atoms with Crippen molar-refractivity contribution in [3.8, 4) is 5.75 Å². The molecular weight excluding hydrogens is 273 g/mol. The molecule has 0 saturated heterocycles. The standard InChI is InChI=1S/C16H20FNO3/c1-21-15-8-6-11(10-12(15)17)7-9-16(20)18-13-4-2-3-5-14(13)19/h6-10,13-14,19H,2-5H2,1H3,(H,18,20)/b9-7+. The fraction of sp³-hybridized carbons (Fsp3) is 0.438. The second-order valence-corrected chi connectivity index (χ2v) is 5.19. The second kappa shape index (κ2) is 7.22. The van der Waals surface area contributed by atoms with Gasteiger partial charge < -0.3 is 15.2 Å². The summed E-state index contributed by atoms with van der Waals surface area (Å²) in [6, 6.07) is 4.29. The summed E-state index contributed by atoms with van der Waals surface area (Å²) in [5.74, 6) is -0.582. The zero-order chi connectivity index (χ0) is 15.2. The summed E-state index contributed by atoms with van der Waals surface area (Å²) >= 11 is 0. The maximum Gasteiger partial charge on any atom is 0.244 e. The number of hydrogen-bond donors (Lipinski definition) is 2. The number of nitrogens with one attached hydrogen (secondary N) is 1. The zero-order valence-corrected chi connectivity index (χ0v) is 12.0. The van der Waals surface area contributed by atoms with Crippen molar-refractivity contribution < 1.29 is 19.0 Å². The largest absolute Gasteiger partial charge is 0.494 e. The fourth-order valence-electron chi connectivity index (χ4n) is 2.47. The van der Waals surface area contributed by atoms with Gasteiger partial charge in [0.15, 0.2) is 11.6 Å². The van der Waals surface area contributed by atoms with Gasteiger partial charge in [0.25, 0.3) is 0 Å². The number of aliphatic hydroxyl groups is 1. The molecule has 4 nitrogen and oxygen atoms in total. The summed E-state index contributed by atoms with van der Waals surface area (Å²) in [5, 5.41) is 12.6. The molecular formula is C16H20FNO3. The van der Waals surface area contributed by atoms with Gasteiger partial charge in [0, 0.05) is 6.08 Å². The molecule has 0 bridgehead atoms. The van der Waals surface area contributed by atoms with E-state index in [4.69, 9.17) is 4.74 Å². The molecule has 0 radical (unpaired) electrons. The highest BCUT2D eigenvalue weighted by molar-refractivity contribution is 5.91. The summed E-state index contributed by atoms with van der Waals surface area (Å²) in [6.07, 6.45) is 5.92. The van der Waals surface area contributed by atoms with Crippen molar-refractivity contribution in [2.75, 3.05) is 7.11 Å². The van der Waals surface area contributed by atoms with Crippen LogP contribution >= 0.6 is 0 Å². The van der Waals surface area contributed by atoms with Gasteiger partial charge in [-0.05, 0) is 36.6 Å². The number of carbonyl (C=O) groups excluding carboxylic acids is 1. The van der Waals surface area contributed by atoms with E-state index in [1.807, 2.05) is 0 Å². The Morgan fingerprint density at radius 2 is 2.19 bits per heavy atom. The summed E-state index contributed by atoms with van der Waals surface area (Å²) in [6.45, 7) is 0. The van der Waals surface area contributed by atoms with E-state index >= 15 is 0 Å². The molecule has 1 fully saturated rings. The average Bonchev–Trinajstić information content (AvgIpc) is 2.48. The smallest absolute Gasteiger partial charge is 0.244 e. The van der Waals surface area contributed by atoms with Gasteiger partial charge in [-0.3, -0.25) is 4.79 Å². The predicted molar refractivity (Wildman–Crippen MR) is 78.4 cm³/mol. The minimum absolute atomic E-state index is 0.168. The Bertz CT molecular complexity index is 530. The lowest BCUT2D eigenvalue weighted by Crippen LogP contribution is -2.44. The zero-order valence-electron chi connectivity index (χ0n) is 12.0. The Hall–Kier alpha value is -1.88. The molecule has 1 aromatic carbocycles. The minimum Gasteiger partial charge on any atom is -0.494 e. The highest BCUT2D eigenvalue weighted by atomic mass is 19.1. The van der Waals surface area contributed by atoms with Gasteiger partial charge in [0.2, 0.25) is 5.91 Å². The van der Waals surface area contributed by atoms with Crippen LogP contribution < -0.4 is 10.1 Å². The van der Waals surface area contributed by atoms with Crippen molar-refractivity contribution in [2.45, 2.75) is 37.8 Å². The van der Waals surface area contributed by atoms with Gasteiger partial charge >= 0.3 is 0 Å². The van der Waals surface area contributed by atoms with Gasteiger partial charge in [-0.15, -0.1) is 0 Å². The van der Waals surface area contributed by atoms with Crippen LogP contribution in [0.4, 0.5) is 4.39 Å². The van der Waals surface area contributed by atoms with Gasteiger partial charge in [0.1, 0.15) is 0 Å². The normalized spacial score (nSPS) is 22.2. The van der Waals surface area contributed by atoms with Crippen LogP contribution in [-0.2, 0) is 4.79 Å². The number of carbonyl (C=O) groups is 1. The molecule has 2 rings (SSSR count). The Balaban J connectivity index is 1.94. The van der Waals surface area contributed by atoms with Gasteiger partial charge in [-0.2, -0.15) is 0 Å². The third-order valence-electron chi connectivity index (χ3n) is 3.66. The number of hydrogen-bond acceptors (Lipinski definition) is 3. The highest BCUT2D eigenvalue weighted by Crippen LogP contribution is 2.19. The molecule has 2 N–H and O–H groups in total. The monoisotopic (exact) mass is 293 g/mol. The van der Waals surface area contributed by atoms with E-state index in [1.165, 1.54) is 31.4 Å². The quantitative estimate of drug-likeness (QED) is 0.837. The minimum atomic E-state index is -0.477. The van der Waals surface area contributed by atoms with Crippen LogP contribution in [0.15, 0.2) is 24.3 Å². The van der Waals surface area contributed by atoms with E-state index in [2.05, 4.69) is 5.32 Å². The first kappa shape index (κ1) is 15.5. The van der Waals surface area contributed by atoms with Crippen LogP contribution in [0, 0.1) is 5.82 Å². The van der Waals surface area contributed by atoms with E-state index in [-0.39, 0.29) is 17.7 Å². The van der Waals surface area contributed by atoms with Crippen molar-refractivity contribution in [3.63, 3.8) is 0 Å². The summed E-state index contributed by atoms with van der Waals surface area (Å²) in [7, 11) is 1.40. The van der Waals surface area contributed by atoms with Gasteiger partial charge in [0.05, 0.1) is 19.3 Å². The Morgan fingerprint density at radius 1 is 1.43 bits per heavy atom. The molecule has 1 aromatic rings. The molecule has 1 aliphatic rings. The van der Waals surface area contributed by atoms with Gasteiger partial charge in [-0.1, -0.05) is 18.9 Å². The molecule has 0 aliphatic heterocycles. The molecule has 114 valence electrons. The Labute approximate surface area is 123 Å². The van der Waals surface area contributed by atoms with E-state index in [9.17, 15) is 14.3 Å². The number of methoxy groups -OCH3 is 1. The molecule has 0 heterocycles. The van der Waals surface area contributed by atoms with Gasteiger partial charge in [-0.25, -0.2) is 4.39 Å². The van der Waals surface area contributed by atoms with Crippen LogP contribution in [0.1, 0.15) is 31.2 Å². The van der Waals surface area contributed by atoms with Crippen LogP contribution in [0.5, 0.6) is 5.75 Å². The Morgan fingerprint density at radius 3 is 2.86 bits per heavy atom. The van der Waals surface area contributed by atoms with E-state index < -0.39 is 11.9 Å². The molecule has 1 saturated carbocycles. The third-order valence-corrected chi connectivity index (χ3v) is 3.66. The number of amides is 1. The summed E-state index contributed by atoms with van der Waals surface area (Å²) in [4.78, 5) is 11.8. The van der Waals surface area contributed by atoms with E-state index in [0.717, 1.165) is 25.7 Å². The maximum absolute atomic E-state index is 13.5. The maximum atomic E-state index is 13.5. The molecule has 1 amide bonds. The fourth-order valence-corrected chi connectivity index (χ4v) is 2.47. The Kier molecular flexibility index (Phi) is 5.33. The lowest BCUT2D eigenvalue weighted by molar-refractivity contribution is -0.118. The van der Waals surface area contributed by atoms with Crippen molar-refractivity contribution in [1.29, 1.82) is 0 Å². The first-order valence-electron chi connectivity index (χ1n) is 7.10. The number of rotatable bonds is 4. The number of halogens is 1.